The van der Waals surface area contributed by atoms with Gasteiger partial charge in [0.2, 0.25) is 11.8 Å². The molecule has 4 rings (SSSR count). The van der Waals surface area contributed by atoms with Crippen molar-refractivity contribution in [3.8, 4) is 5.75 Å². The fourth-order valence-electron chi connectivity index (χ4n) is 5.20. The number of ether oxygens (including phenoxy) is 2. The Hall–Kier alpha value is -2.94. The Labute approximate surface area is 232 Å². The maximum absolute atomic E-state index is 13.1. The van der Waals surface area contributed by atoms with E-state index < -0.39 is 0 Å². The van der Waals surface area contributed by atoms with Crippen molar-refractivity contribution in [1.29, 1.82) is 0 Å². The molecule has 2 saturated heterocycles. The molecule has 0 aromatic heterocycles. The fourth-order valence-corrected chi connectivity index (χ4v) is 5.20. The van der Waals surface area contributed by atoms with Gasteiger partial charge in [0.05, 0.1) is 5.57 Å². The molecule has 2 N–H and O–H groups in total. The lowest BCUT2D eigenvalue weighted by atomic mass is 10.1. The highest BCUT2D eigenvalue weighted by Crippen LogP contribution is 2.25. The molecule has 0 saturated carbocycles. The van der Waals surface area contributed by atoms with Crippen LogP contribution < -0.4 is 15.5 Å². The third-order valence-corrected chi connectivity index (χ3v) is 7.55. The summed E-state index contributed by atoms with van der Waals surface area (Å²) >= 11 is 0. The maximum atomic E-state index is 13.1. The van der Waals surface area contributed by atoms with E-state index in [-0.39, 0.29) is 24.7 Å². The Morgan fingerprint density at radius 3 is 2.77 bits per heavy atom. The quantitative estimate of drug-likeness (QED) is 0.203. The summed E-state index contributed by atoms with van der Waals surface area (Å²) in [4.78, 5) is 33.0. The van der Waals surface area contributed by atoms with Gasteiger partial charge in [0.1, 0.15) is 12.4 Å². The Morgan fingerprint density at radius 2 is 1.95 bits per heavy atom. The second-order valence-electron chi connectivity index (χ2n) is 10.5. The first-order chi connectivity index (χ1) is 19.1. The van der Waals surface area contributed by atoms with E-state index in [4.69, 9.17) is 14.3 Å². The summed E-state index contributed by atoms with van der Waals surface area (Å²) in [5.74, 6) is 0.523. The van der Waals surface area contributed by atoms with Crippen LogP contribution in [-0.4, -0.2) is 62.4 Å². The molecule has 2 fully saturated rings. The molecule has 2 heterocycles. The number of nitrogens with one attached hydrogen (secondary N) is 2. The van der Waals surface area contributed by atoms with Crippen molar-refractivity contribution in [2.45, 2.75) is 76.5 Å². The highest BCUT2D eigenvalue weighted by atomic mass is 16.8. The van der Waals surface area contributed by atoms with E-state index in [1.807, 2.05) is 36.4 Å². The van der Waals surface area contributed by atoms with Crippen LogP contribution in [0.25, 0.3) is 10.8 Å². The molecular formula is C31H43N3O5. The number of carbonyl (C=O) groups is 2. The molecule has 2 aromatic carbocycles. The minimum atomic E-state index is -0.345. The molecule has 8 heteroatoms. The summed E-state index contributed by atoms with van der Waals surface area (Å²) in [7, 11) is 2.15. The highest BCUT2D eigenvalue weighted by Gasteiger charge is 2.21. The second kappa shape index (κ2) is 15.6. The number of rotatable bonds is 14. The van der Waals surface area contributed by atoms with E-state index in [1.54, 1.807) is 0 Å². The molecule has 0 bridgehead atoms. The van der Waals surface area contributed by atoms with Gasteiger partial charge in [-0.25, -0.2) is 10.3 Å². The summed E-state index contributed by atoms with van der Waals surface area (Å²) in [5.41, 5.74) is 3.12. The normalized spacial score (nSPS) is 20.2. The van der Waals surface area contributed by atoms with Crippen LogP contribution in [0.4, 0.5) is 0 Å². The lowest BCUT2D eigenvalue weighted by Gasteiger charge is -2.22. The van der Waals surface area contributed by atoms with E-state index in [9.17, 15) is 9.59 Å². The monoisotopic (exact) mass is 537 g/mol. The first-order valence-corrected chi connectivity index (χ1v) is 14.4. The molecular weight excluding hydrogens is 494 g/mol. The molecule has 2 unspecified atom stereocenters. The Morgan fingerprint density at radius 1 is 1.08 bits per heavy atom. The van der Waals surface area contributed by atoms with Crippen molar-refractivity contribution >= 4 is 22.6 Å². The fraction of sp³-hybridized carbons (Fsp3) is 0.548. The van der Waals surface area contributed by atoms with Crippen LogP contribution in [0.15, 0.2) is 54.1 Å². The van der Waals surface area contributed by atoms with Crippen molar-refractivity contribution in [2.24, 2.45) is 0 Å². The number of nitrogens with zero attached hydrogens (tertiary/aromatic N) is 1. The van der Waals surface area contributed by atoms with Crippen LogP contribution in [0.1, 0.15) is 64.2 Å². The van der Waals surface area contributed by atoms with Gasteiger partial charge >= 0.3 is 0 Å². The highest BCUT2D eigenvalue weighted by molar-refractivity contribution is 5.94. The third-order valence-electron chi connectivity index (χ3n) is 7.55. The summed E-state index contributed by atoms with van der Waals surface area (Å²) in [6.45, 7) is 2.63. The number of allylic oxidation sites excluding steroid dienone is 1. The van der Waals surface area contributed by atoms with Gasteiger partial charge in [-0.2, -0.15) is 0 Å². The number of unbranched alkanes of at least 4 members (excludes halogenated alkanes) is 2. The summed E-state index contributed by atoms with van der Waals surface area (Å²) < 4.78 is 11.6. The Kier molecular flexibility index (Phi) is 11.6. The number of hydroxylamine groups is 1. The Bertz CT molecular complexity index is 1090. The number of carbonyl (C=O) groups excluding carboxylic acids is 2. The zero-order valence-electron chi connectivity index (χ0n) is 23.2. The summed E-state index contributed by atoms with van der Waals surface area (Å²) in [6, 6.07) is 14.6. The first kappa shape index (κ1) is 29.1. The number of amides is 2. The Balaban J connectivity index is 1.26. The van der Waals surface area contributed by atoms with Crippen LogP contribution in [0, 0.1) is 0 Å². The average Bonchev–Trinajstić information content (AvgIpc) is 3.38. The van der Waals surface area contributed by atoms with Crippen LogP contribution in [0.2, 0.25) is 0 Å². The van der Waals surface area contributed by atoms with Gasteiger partial charge in [0.25, 0.3) is 0 Å². The SMILES string of the molecule is CN1CCCC1CCNC(=O)/C(=C/CCCCC(=O)NOC1CCCCO1)COc1cccc2ccccc12. The van der Waals surface area contributed by atoms with Crippen molar-refractivity contribution in [3.63, 3.8) is 0 Å². The van der Waals surface area contributed by atoms with Crippen molar-refractivity contribution in [2.75, 3.05) is 33.4 Å². The van der Waals surface area contributed by atoms with Gasteiger partial charge < -0.3 is 19.7 Å². The number of benzene rings is 2. The molecule has 212 valence electrons. The van der Waals surface area contributed by atoms with Crippen LogP contribution in [0.5, 0.6) is 5.75 Å². The topological polar surface area (TPSA) is 89.1 Å². The zero-order valence-corrected chi connectivity index (χ0v) is 23.2. The lowest BCUT2D eigenvalue weighted by Crippen LogP contribution is -2.33. The molecule has 2 atom stereocenters. The van der Waals surface area contributed by atoms with Crippen molar-refractivity contribution in [3.05, 3.63) is 54.1 Å². The van der Waals surface area contributed by atoms with Crippen molar-refractivity contribution in [1.82, 2.24) is 15.7 Å². The smallest absolute Gasteiger partial charge is 0.250 e. The van der Waals surface area contributed by atoms with E-state index in [2.05, 4.69) is 34.9 Å². The zero-order chi connectivity index (χ0) is 27.3. The number of likely N-dealkylation sites (tertiary alicyclic amines) is 1. The molecule has 39 heavy (non-hydrogen) atoms. The predicted octanol–water partition coefficient (Wildman–Crippen LogP) is 4.88. The molecule has 2 aliphatic heterocycles. The largest absolute Gasteiger partial charge is 0.488 e. The molecule has 2 aliphatic rings. The number of fused-ring (bicyclic) bond motifs is 1. The number of hydrogen-bond donors (Lipinski definition) is 2. The second-order valence-corrected chi connectivity index (χ2v) is 10.5. The predicted molar refractivity (Wildman–Crippen MR) is 152 cm³/mol. The van der Waals surface area contributed by atoms with E-state index in [1.165, 1.54) is 12.8 Å². The molecule has 0 radical (unpaired) electrons. The minimum absolute atomic E-state index is 0.0884. The third kappa shape index (κ3) is 9.34. The van der Waals surface area contributed by atoms with E-state index in [0.717, 1.165) is 55.2 Å². The standard InChI is InChI=1S/C31H43N3O5/c1-34-21-10-14-26(34)19-20-32-31(36)25(23-38-28-16-9-13-24-11-5-6-15-27(24)28)12-3-2-4-17-29(35)33-39-30-18-7-8-22-37-30/h5-6,9,11-13,15-16,26,30H,2-4,7-8,10,14,17-23H2,1H3,(H,32,36)(H,33,35)/b25-12+. The summed E-state index contributed by atoms with van der Waals surface area (Å²) in [6.07, 6.45) is 10.4. The van der Waals surface area contributed by atoms with Gasteiger partial charge in [-0.1, -0.05) is 42.5 Å². The van der Waals surface area contributed by atoms with Gasteiger partial charge in [-0.05, 0) is 76.4 Å². The molecule has 8 nitrogen and oxygen atoms in total. The number of hydrogen-bond acceptors (Lipinski definition) is 6. The molecule has 0 spiro atoms. The van der Waals surface area contributed by atoms with Crippen LogP contribution in [0.3, 0.4) is 0 Å². The lowest BCUT2D eigenvalue weighted by molar-refractivity contribution is -0.200. The molecule has 0 aliphatic carbocycles. The van der Waals surface area contributed by atoms with E-state index in [0.29, 0.717) is 44.0 Å². The van der Waals surface area contributed by atoms with Crippen LogP contribution in [-0.2, 0) is 19.2 Å². The maximum Gasteiger partial charge on any atom is 0.250 e. The van der Waals surface area contributed by atoms with Crippen molar-refractivity contribution < 1.29 is 23.9 Å². The average molecular weight is 538 g/mol. The van der Waals surface area contributed by atoms with Gasteiger partial charge in [-0.15, -0.1) is 0 Å². The van der Waals surface area contributed by atoms with Crippen LogP contribution >= 0.6 is 0 Å². The van der Waals surface area contributed by atoms with Gasteiger partial charge in [-0.3, -0.25) is 9.59 Å². The van der Waals surface area contributed by atoms with E-state index >= 15 is 0 Å². The minimum Gasteiger partial charge on any atom is -0.488 e. The van der Waals surface area contributed by atoms with Gasteiger partial charge in [0, 0.05) is 37.4 Å². The van der Waals surface area contributed by atoms with Gasteiger partial charge in [0.15, 0.2) is 6.29 Å². The molecule has 2 aromatic rings. The summed E-state index contributed by atoms with van der Waals surface area (Å²) in [5, 5.41) is 5.23. The first-order valence-electron chi connectivity index (χ1n) is 14.4. The molecule has 2 amide bonds.